The summed E-state index contributed by atoms with van der Waals surface area (Å²) >= 11 is 0. The largest absolute Gasteiger partial charge is 0.457 e. The summed E-state index contributed by atoms with van der Waals surface area (Å²) in [6.07, 6.45) is 2.94. The van der Waals surface area contributed by atoms with Crippen LogP contribution in [0.2, 0.25) is 0 Å². The minimum Gasteiger partial charge on any atom is -0.457 e. The van der Waals surface area contributed by atoms with Crippen molar-refractivity contribution in [3.8, 4) is 11.5 Å². The number of likely N-dealkylation sites (N-methyl/N-ethyl adjacent to an activating group) is 1. The molecular formula is C18H21N3O3. The lowest BCUT2D eigenvalue weighted by Gasteiger charge is -2.07. The molecule has 24 heavy (non-hydrogen) atoms. The first-order valence-electron chi connectivity index (χ1n) is 7.63. The van der Waals surface area contributed by atoms with Crippen LogP contribution in [0.25, 0.3) is 10.9 Å². The number of para-hydroxylation sites is 1. The fraction of sp³-hybridized carbons (Fsp3) is 0.222. The van der Waals surface area contributed by atoms with Crippen molar-refractivity contribution in [2.45, 2.75) is 13.0 Å². The molecule has 3 rings (SSSR count). The average Bonchev–Trinajstić information content (AvgIpc) is 2.57. The van der Waals surface area contributed by atoms with Crippen molar-refractivity contribution in [2.75, 3.05) is 13.6 Å². The molecule has 0 aliphatic carbocycles. The Morgan fingerprint density at radius 2 is 2.00 bits per heavy atom. The molecule has 126 valence electrons. The maximum atomic E-state index is 11.6. The number of ether oxygens (including phenoxy) is 1. The molecule has 0 aliphatic heterocycles. The highest BCUT2D eigenvalue weighted by Crippen LogP contribution is 2.26. The minimum absolute atomic E-state index is 0.213. The van der Waals surface area contributed by atoms with Gasteiger partial charge >= 0.3 is 0 Å². The molecule has 0 saturated carbocycles. The van der Waals surface area contributed by atoms with Gasteiger partial charge in [0.2, 0.25) is 0 Å². The van der Waals surface area contributed by atoms with Crippen molar-refractivity contribution in [1.82, 2.24) is 15.3 Å². The van der Waals surface area contributed by atoms with E-state index >= 15 is 0 Å². The molecule has 2 aromatic heterocycles. The predicted octanol–water partition coefficient (Wildman–Crippen LogP) is 2.30. The summed E-state index contributed by atoms with van der Waals surface area (Å²) in [6, 6.07) is 13.0. The molecule has 3 N–H and O–H groups in total. The minimum atomic E-state index is -0.217. The summed E-state index contributed by atoms with van der Waals surface area (Å²) in [7, 11) is 1.81. The zero-order chi connectivity index (χ0) is 17.4. The highest BCUT2D eigenvalue weighted by molar-refractivity contribution is 5.83. The summed E-state index contributed by atoms with van der Waals surface area (Å²) in [6.45, 7) is 2.43. The fourth-order valence-corrected chi connectivity index (χ4v) is 2.07. The number of hydrogen-bond donors (Lipinski definition) is 3. The van der Waals surface area contributed by atoms with Gasteiger partial charge in [-0.15, -0.1) is 0 Å². The van der Waals surface area contributed by atoms with Gasteiger partial charge in [-0.2, -0.15) is 0 Å². The SMILES string of the molecule is CNCC(C)O.O=c1[nH]ccc2c(Oc3ccccc3)ccnc12. The van der Waals surface area contributed by atoms with E-state index in [1.165, 1.54) is 0 Å². The number of aliphatic hydroxyl groups excluding tert-OH is 1. The van der Waals surface area contributed by atoms with E-state index < -0.39 is 0 Å². The number of benzene rings is 1. The molecule has 3 aromatic rings. The number of aliphatic hydroxyl groups is 1. The summed E-state index contributed by atoms with van der Waals surface area (Å²) in [5.41, 5.74) is 0.164. The third-order valence-corrected chi connectivity index (χ3v) is 3.10. The second-order valence-corrected chi connectivity index (χ2v) is 5.20. The number of H-pyrrole nitrogens is 1. The zero-order valence-electron chi connectivity index (χ0n) is 13.7. The maximum Gasteiger partial charge on any atom is 0.274 e. The van der Waals surface area contributed by atoms with Gasteiger partial charge in [-0.05, 0) is 38.2 Å². The van der Waals surface area contributed by atoms with Crippen LogP contribution in [0.3, 0.4) is 0 Å². The van der Waals surface area contributed by atoms with Crippen molar-refractivity contribution in [2.24, 2.45) is 0 Å². The Morgan fingerprint density at radius 3 is 2.62 bits per heavy atom. The van der Waals surface area contributed by atoms with Crippen LogP contribution in [-0.4, -0.2) is 34.8 Å². The Labute approximate surface area is 140 Å². The molecule has 6 nitrogen and oxygen atoms in total. The number of aromatic nitrogens is 2. The standard InChI is InChI=1S/C14H10N2O2.C4H11NO/c17-14-13-11(6-8-16-14)12(7-9-15-13)18-10-4-2-1-3-5-10;1-4(6)3-5-2/h1-9H,(H,16,17);4-6H,3H2,1-2H3. The number of rotatable bonds is 4. The second-order valence-electron chi connectivity index (χ2n) is 5.20. The molecule has 0 fully saturated rings. The highest BCUT2D eigenvalue weighted by atomic mass is 16.5. The molecule has 1 atom stereocenters. The van der Waals surface area contributed by atoms with Crippen molar-refractivity contribution in [3.05, 3.63) is 65.2 Å². The van der Waals surface area contributed by atoms with E-state index in [-0.39, 0.29) is 11.7 Å². The van der Waals surface area contributed by atoms with Gasteiger partial charge in [0.05, 0.1) is 11.5 Å². The number of hydrogen-bond acceptors (Lipinski definition) is 5. The quantitative estimate of drug-likeness (QED) is 0.684. The lowest BCUT2D eigenvalue weighted by Crippen LogP contribution is -2.19. The van der Waals surface area contributed by atoms with Crippen LogP contribution in [0.5, 0.6) is 11.5 Å². The van der Waals surface area contributed by atoms with Crippen LogP contribution >= 0.6 is 0 Å². The lowest BCUT2D eigenvalue weighted by molar-refractivity contribution is 0.194. The third kappa shape index (κ3) is 4.91. The molecule has 0 amide bonds. The van der Waals surface area contributed by atoms with Gasteiger partial charge in [0.25, 0.3) is 5.56 Å². The van der Waals surface area contributed by atoms with Gasteiger partial charge in [0.15, 0.2) is 0 Å². The molecule has 0 radical (unpaired) electrons. The molecule has 6 heteroatoms. The van der Waals surface area contributed by atoms with E-state index in [9.17, 15) is 4.79 Å². The van der Waals surface area contributed by atoms with Crippen LogP contribution in [0.15, 0.2) is 59.7 Å². The van der Waals surface area contributed by atoms with E-state index in [4.69, 9.17) is 9.84 Å². The summed E-state index contributed by atoms with van der Waals surface area (Å²) < 4.78 is 5.75. The van der Waals surface area contributed by atoms with Crippen molar-refractivity contribution in [3.63, 3.8) is 0 Å². The van der Waals surface area contributed by atoms with Crippen molar-refractivity contribution in [1.29, 1.82) is 0 Å². The molecule has 1 unspecified atom stereocenters. The number of nitrogens with zero attached hydrogens (tertiary/aromatic N) is 1. The average molecular weight is 327 g/mol. The topological polar surface area (TPSA) is 87.2 Å². The summed E-state index contributed by atoms with van der Waals surface area (Å²) in [4.78, 5) is 18.3. The van der Waals surface area contributed by atoms with Gasteiger partial charge in [-0.25, -0.2) is 0 Å². The Balaban J connectivity index is 0.000000301. The Hall–Kier alpha value is -2.70. The first-order chi connectivity index (χ1) is 11.6. The Morgan fingerprint density at radius 1 is 1.25 bits per heavy atom. The van der Waals surface area contributed by atoms with Crippen LogP contribution < -0.4 is 15.6 Å². The van der Waals surface area contributed by atoms with Crippen LogP contribution in [0.4, 0.5) is 0 Å². The molecule has 2 heterocycles. The van der Waals surface area contributed by atoms with Gasteiger partial charge in [0, 0.05) is 18.9 Å². The van der Waals surface area contributed by atoms with Crippen LogP contribution in [0, 0.1) is 0 Å². The van der Waals surface area contributed by atoms with Gasteiger partial charge < -0.3 is 20.1 Å². The van der Waals surface area contributed by atoms with Crippen molar-refractivity contribution < 1.29 is 9.84 Å². The number of nitrogens with one attached hydrogen (secondary N) is 2. The number of fused-ring (bicyclic) bond motifs is 1. The molecule has 0 spiro atoms. The number of aromatic amines is 1. The molecular weight excluding hydrogens is 306 g/mol. The van der Waals surface area contributed by atoms with E-state index in [2.05, 4.69) is 15.3 Å². The maximum absolute atomic E-state index is 11.6. The Kier molecular flexibility index (Phi) is 6.48. The zero-order valence-corrected chi connectivity index (χ0v) is 13.7. The highest BCUT2D eigenvalue weighted by Gasteiger charge is 2.06. The molecule has 1 aromatic carbocycles. The summed E-state index contributed by atoms with van der Waals surface area (Å²) in [5, 5.41) is 12.0. The monoisotopic (exact) mass is 327 g/mol. The summed E-state index contributed by atoms with van der Waals surface area (Å²) in [5.74, 6) is 1.35. The smallest absolute Gasteiger partial charge is 0.274 e. The molecule has 0 saturated heterocycles. The number of pyridine rings is 2. The molecule has 0 aliphatic rings. The first kappa shape index (κ1) is 17.7. The first-order valence-corrected chi connectivity index (χ1v) is 7.63. The van der Waals surface area contributed by atoms with Crippen LogP contribution in [0.1, 0.15) is 6.92 Å². The normalized spacial score (nSPS) is 11.5. The second kappa shape index (κ2) is 8.81. The Bertz CT molecular complexity index is 816. The van der Waals surface area contributed by atoms with E-state index in [0.29, 0.717) is 23.2 Å². The van der Waals surface area contributed by atoms with Crippen LogP contribution in [-0.2, 0) is 0 Å². The van der Waals surface area contributed by atoms with Gasteiger partial charge in [-0.3, -0.25) is 9.78 Å². The predicted molar refractivity (Wildman–Crippen MR) is 94.5 cm³/mol. The van der Waals surface area contributed by atoms with E-state index in [1.807, 2.05) is 37.4 Å². The van der Waals surface area contributed by atoms with E-state index in [0.717, 1.165) is 5.75 Å². The molecule has 0 bridgehead atoms. The third-order valence-electron chi connectivity index (χ3n) is 3.10. The fourth-order valence-electron chi connectivity index (χ4n) is 2.07. The van der Waals surface area contributed by atoms with Crippen molar-refractivity contribution >= 4 is 10.9 Å². The van der Waals surface area contributed by atoms with Gasteiger partial charge in [0.1, 0.15) is 17.0 Å². The lowest BCUT2D eigenvalue weighted by atomic mass is 10.2. The van der Waals surface area contributed by atoms with E-state index in [1.54, 1.807) is 31.5 Å². The van der Waals surface area contributed by atoms with Gasteiger partial charge in [-0.1, -0.05) is 18.2 Å².